The molecule has 0 saturated carbocycles. The smallest absolute Gasteiger partial charge is 0.388 e. The molecule has 7 nitrogen and oxygen atoms in total. The topological polar surface area (TPSA) is 96.3 Å². The molecule has 8 heteroatoms. The molecule has 0 radical (unpaired) electrons. The SMILES string of the molecule is CS(=O)(=O)N1CC(c2n[nH]c(=O)o2)=Cc2ccccc21. The molecule has 0 fully saturated rings. The van der Waals surface area contributed by atoms with Crippen LogP contribution in [0.3, 0.4) is 0 Å². The van der Waals surface area contributed by atoms with Gasteiger partial charge in [-0.2, -0.15) is 0 Å². The summed E-state index contributed by atoms with van der Waals surface area (Å²) in [4.78, 5) is 11.0. The number of aromatic amines is 1. The Hall–Kier alpha value is -2.35. The molecule has 20 heavy (non-hydrogen) atoms. The van der Waals surface area contributed by atoms with Crippen molar-refractivity contribution in [1.82, 2.24) is 10.2 Å². The van der Waals surface area contributed by atoms with Crippen LogP contribution < -0.4 is 10.1 Å². The second-order valence-corrected chi connectivity index (χ2v) is 6.32. The summed E-state index contributed by atoms with van der Waals surface area (Å²) < 4.78 is 30.0. The van der Waals surface area contributed by atoms with Crippen molar-refractivity contribution in [2.75, 3.05) is 17.1 Å². The van der Waals surface area contributed by atoms with Gasteiger partial charge in [-0.05, 0) is 17.7 Å². The first-order valence-corrected chi connectivity index (χ1v) is 7.63. The molecule has 0 bridgehead atoms. The summed E-state index contributed by atoms with van der Waals surface area (Å²) in [5.41, 5.74) is 1.84. The summed E-state index contributed by atoms with van der Waals surface area (Å²) in [6, 6.07) is 7.09. The fraction of sp³-hybridized carbons (Fsp3) is 0.167. The van der Waals surface area contributed by atoms with E-state index < -0.39 is 15.8 Å². The van der Waals surface area contributed by atoms with Crippen LogP contribution in [0.25, 0.3) is 11.6 Å². The first-order chi connectivity index (χ1) is 9.45. The molecule has 2 heterocycles. The van der Waals surface area contributed by atoms with E-state index in [2.05, 4.69) is 10.2 Å². The van der Waals surface area contributed by atoms with Gasteiger partial charge in [-0.25, -0.2) is 18.3 Å². The van der Waals surface area contributed by atoms with Gasteiger partial charge in [0.2, 0.25) is 15.9 Å². The van der Waals surface area contributed by atoms with Crippen molar-refractivity contribution in [3.05, 3.63) is 46.3 Å². The number of rotatable bonds is 2. The predicted molar refractivity (Wildman–Crippen MR) is 73.6 cm³/mol. The van der Waals surface area contributed by atoms with Gasteiger partial charge in [0.15, 0.2) is 0 Å². The Morgan fingerprint density at radius 2 is 2.10 bits per heavy atom. The van der Waals surface area contributed by atoms with E-state index in [0.29, 0.717) is 11.3 Å². The zero-order valence-electron chi connectivity index (χ0n) is 10.5. The van der Waals surface area contributed by atoms with Gasteiger partial charge in [-0.3, -0.25) is 4.31 Å². The molecular weight excluding hydrogens is 282 g/mol. The molecule has 1 aliphatic rings. The van der Waals surface area contributed by atoms with Gasteiger partial charge in [-0.15, -0.1) is 5.10 Å². The van der Waals surface area contributed by atoms with E-state index in [1.165, 1.54) is 4.31 Å². The number of para-hydroxylation sites is 1. The quantitative estimate of drug-likeness (QED) is 0.878. The van der Waals surface area contributed by atoms with Crippen molar-refractivity contribution < 1.29 is 12.8 Å². The number of hydrogen-bond donors (Lipinski definition) is 1. The van der Waals surface area contributed by atoms with Crippen LogP contribution in [0.2, 0.25) is 0 Å². The highest BCUT2D eigenvalue weighted by molar-refractivity contribution is 7.92. The van der Waals surface area contributed by atoms with Crippen molar-refractivity contribution in [3.63, 3.8) is 0 Å². The molecule has 1 N–H and O–H groups in total. The van der Waals surface area contributed by atoms with Crippen LogP contribution in [0, 0.1) is 0 Å². The maximum Gasteiger partial charge on any atom is 0.434 e. The summed E-state index contributed by atoms with van der Waals surface area (Å²) in [6.07, 6.45) is 2.89. The van der Waals surface area contributed by atoms with Crippen LogP contribution in [-0.4, -0.2) is 31.4 Å². The largest absolute Gasteiger partial charge is 0.434 e. The highest BCUT2D eigenvalue weighted by Gasteiger charge is 2.27. The van der Waals surface area contributed by atoms with Crippen LogP contribution in [0.15, 0.2) is 33.5 Å². The second kappa shape index (κ2) is 4.34. The average molecular weight is 293 g/mol. The fourth-order valence-electron chi connectivity index (χ4n) is 2.10. The van der Waals surface area contributed by atoms with Crippen LogP contribution in [0.1, 0.15) is 11.5 Å². The summed E-state index contributed by atoms with van der Waals surface area (Å²) >= 11 is 0. The number of nitrogens with one attached hydrogen (secondary N) is 1. The minimum Gasteiger partial charge on any atom is -0.388 e. The lowest BCUT2D eigenvalue weighted by atomic mass is 10.0. The Bertz CT molecular complexity index is 847. The van der Waals surface area contributed by atoms with Gasteiger partial charge >= 0.3 is 5.76 Å². The van der Waals surface area contributed by atoms with E-state index in [1.807, 2.05) is 0 Å². The fourth-order valence-corrected chi connectivity index (χ4v) is 3.00. The minimum atomic E-state index is -3.44. The molecule has 1 aromatic carbocycles. The average Bonchev–Trinajstić information content (AvgIpc) is 2.83. The number of aromatic nitrogens is 2. The second-order valence-electron chi connectivity index (χ2n) is 4.42. The van der Waals surface area contributed by atoms with E-state index in [9.17, 15) is 13.2 Å². The maximum absolute atomic E-state index is 11.9. The lowest BCUT2D eigenvalue weighted by Gasteiger charge is -2.28. The Balaban J connectivity index is 2.17. The van der Waals surface area contributed by atoms with Gasteiger partial charge in [0.25, 0.3) is 0 Å². The predicted octanol–water partition coefficient (Wildman–Crippen LogP) is 0.683. The Labute approximate surface area is 114 Å². The number of nitrogens with zero attached hydrogens (tertiary/aromatic N) is 2. The third-order valence-electron chi connectivity index (χ3n) is 2.96. The molecule has 0 saturated heterocycles. The van der Waals surface area contributed by atoms with Crippen molar-refractivity contribution in [3.8, 4) is 0 Å². The molecule has 0 amide bonds. The maximum atomic E-state index is 11.9. The minimum absolute atomic E-state index is 0.0731. The summed E-state index contributed by atoms with van der Waals surface area (Å²) in [7, 11) is -3.44. The molecule has 2 aromatic rings. The molecule has 1 aromatic heterocycles. The van der Waals surface area contributed by atoms with Crippen LogP contribution in [0.5, 0.6) is 0 Å². The molecule has 0 aliphatic carbocycles. The van der Waals surface area contributed by atoms with Crippen LogP contribution in [0.4, 0.5) is 5.69 Å². The van der Waals surface area contributed by atoms with Gasteiger partial charge in [-0.1, -0.05) is 18.2 Å². The number of sulfonamides is 1. The van der Waals surface area contributed by atoms with E-state index in [-0.39, 0.29) is 12.4 Å². The number of anilines is 1. The van der Waals surface area contributed by atoms with Gasteiger partial charge < -0.3 is 4.42 Å². The monoisotopic (exact) mass is 293 g/mol. The van der Waals surface area contributed by atoms with Gasteiger partial charge in [0, 0.05) is 5.57 Å². The molecule has 0 unspecified atom stereocenters. The zero-order valence-corrected chi connectivity index (χ0v) is 11.3. The summed E-state index contributed by atoms with van der Waals surface area (Å²) in [5, 5.41) is 5.90. The zero-order chi connectivity index (χ0) is 14.3. The van der Waals surface area contributed by atoms with Crippen LogP contribution in [-0.2, 0) is 10.0 Å². The highest BCUT2D eigenvalue weighted by atomic mass is 32.2. The molecule has 1 aliphatic heterocycles. The summed E-state index contributed by atoms with van der Waals surface area (Å²) in [5.74, 6) is -0.580. The lowest BCUT2D eigenvalue weighted by Crippen LogP contribution is -2.33. The lowest BCUT2D eigenvalue weighted by molar-refractivity contribution is 0.499. The van der Waals surface area contributed by atoms with E-state index >= 15 is 0 Å². The first kappa shape index (κ1) is 12.7. The highest BCUT2D eigenvalue weighted by Crippen LogP contribution is 2.33. The van der Waals surface area contributed by atoms with E-state index in [4.69, 9.17) is 4.42 Å². The van der Waals surface area contributed by atoms with Crippen molar-refractivity contribution in [2.45, 2.75) is 0 Å². The van der Waals surface area contributed by atoms with E-state index in [1.54, 1.807) is 30.3 Å². The Kier molecular flexibility index (Phi) is 2.75. The van der Waals surface area contributed by atoms with E-state index in [0.717, 1.165) is 11.8 Å². The number of fused-ring (bicyclic) bond motifs is 1. The third kappa shape index (κ3) is 2.14. The molecule has 0 spiro atoms. The van der Waals surface area contributed by atoms with Crippen LogP contribution >= 0.6 is 0 Å². The molecule has 104 valence electrons. The standard InChI is InChI=1S/C12H11N3O4S/c1-20(17,18)15-7-9(11-13-14-12(16)19-11)6-8-4-2-3-5-10(8)15/h2-6H,7H2,1H3,(H,14,16). The molecule has 3 rings (SSSR count). The van der Waals surface area contributed by atoms with Crippen molar-refractivity contribution in [2.24, 2.45) is 0 Å². The molecular formula is C12H11N3O4S. The van der Waals surface area contributed by atoms with Gasteiger partial charge in [0.1, 0.15) is 0 Å². The Morgan fingerprint density at radius 1 is 1.35 bits per heavy atom. The molecule has 0 atom stereocenters. The van der Waals surface area contributed by atoms with Crippen molar-refractivity contribution in [1.29, 1.82) is 0 Å². The number of benzene rings is 1. The Morgan fingerprint density at radius 3 is 2.75 bits per heavy atom. The van der Waals surface area contributed by atoms with Gasteiger partial charge in [0.05, 0.1) is 18.5 Å². The van der Waals surface area contributed by atoms with Crippen molar-refractivity contribution >= 4 is 27.4 Å². The first-order valence-electron chi connectivity index (χ1n) is 5.78. The normalized spacial score (nSPS) is 14.8. The third-order valence-corrected chi connectivity index (χ3v) is 4.09. The number of H-pyrrole nitrogens is 1. The summed E-state index contributed by atoms with van der Waals surface area (Å²) in [6.45, 7) is 0.0731. The number of hydrogen-bond acceptors (Lipinski definition) is 5.